The van der Waals surface area contributed by atoms with Gasteiger partial charge in [0.15, 0.2) is 0 Å². The number of carboxylic acid groups (broad SMARTS) is 1. The highest BCUT2D eigenvalue weighted by atomic mass is 19.3. The van der Waals surface area contributed by atoms with Gasteiger partial charge >= 0.3 is 5.97 Å². The van der Waals surface area contributed by atoms with Crippen LogP contribution in [0.5, 0.6) is 0 Å². The molecule has 0 heterocycles. The fourth-order valence-corrected chi connectivity index (χ4v) is 0.954. The van der Waals surface area contributed by atoms with E-state index in [2.05, 4.69) is 0 Å². The quantitative estimate of drug-likeness (QED) is 0.694. The standard InChI is InChI=1S/C7H12F2O2/c1-3-7(4-2,5(8)9)6(10)11/h5H,3-4H2,1-2H3,(H,10,11). The highest BCUT2D eigenvalue weighted by molar-refractivity contribution is 5.75. The maximum absolute atomic E-state index is 12.2. The third-order valence-corrected chi connectivity index (χ3v) is 2.11. The highest BCUT2D eigenvalue weighted by Crippen LogP contribution is 2.33. The van der Waals surface area contributed by atoms with Crippen molar-refractivity contribution < 1.29 is 18.7 Å². The number of alkyl halides is 2. The van der Waals surface area contributed by atoms with Crippen LogP contribution < -0.4 is 0 Å². The summed E-state index contributed by atoms with van der Waals surface area (Å²) in [6.07, 6.45) is -2.84. The molecule has 0 aliphatic carbocycles. The van der Waals surface area contributed by atoms with Gasteiger partial charge in [0.05, 0.1) is 0 Å². The van der Waals surface area contributed by atoms with Gasteiger partial charge in [-0.05, 0) is 12.8 Å². The summed E-state index contributed by atoms with van der Waals surface area (Å²) in [6.45, 7) is 2.92. The number of halogens is 2. The van der Waals surface area contributed by atoms with Crippen LogP contribution in [0.3, 0.4) is 0 Å². The number of carboxylic acids is 1. The van der Waals surface area contributed by atoms with Gasteiger partial charge < -0.3 is 5.11 Å². The highest BCUT2D eigenvalue weighted by Gasteiger charge is 2.44. The first kappa shape index (κ1) is 10.3. The summed E-state index contributed by atoms with van der Waals surface area (Å²) in [7, 11) is 0. The van der Waals surface area contributed by atoms with Crippen molar-refractivity contribution in [1.82, 2.24) is 0 Å². The van der Waals surface area contributed by atoms with Crippen LogP contribution in [0, 0.1) is 5.41 Å². The second-order valence-corrected chi connectivity index (χ2v) is 2.47. The van der Waals surface area contributed by atoms with Gasteiger partial charge in [0.2, 0.25) is 0 Å². The van der Waals surface area contributed by atoms with E-state index in [0.29, 0.717) is 0 Å². The van der Waals surface area contributed by atoms with Gasteiger partial charge in [0.25, 0.3) is 6.43 Å². The van der Waals surface area contributed by atoms with E-state index in [0.717, 1.165) is 0 Å². The number of aliphatic carboxylic acids is 1. The largest absolute Gasteiger partial charge is 0.481 e. The van der Waals surface area contributed by atoms with E-state index < -0.39 is 17.8 Å². The molecule has 0 atom stereocenters. The van der Waals surface area contributed by atoms with Crippen LogP contribution in [-0.2, 0) is 4.79 Å². The van der Waals surface area contributed by atoms with Gasteiger partial charge in [-0.15, -0.1) is 0 Å². The second kappa shape index (κ2) is 3.64. The van der Waals surface area contributed by atoms with Crippen LogP contribution in [0.4, 0.5) is 8.78 Å². The van der Waals surface area contributed by atoms with Crippen molar-refractivity contribution in [3.05, 3.63) is 0 Å². The minimum atomic E-state index is -2.78. The summed E-state index contributed by atoms with van der Waals surface area (Å²) in [5, 5.41) is 8.51. The Hall–Kier alpha value is -0.670. The third kappa shape index (κ3) is 1.67. The molecular formula is C7H12F2O2. The first-order valence-corrected chi connectivity index (χ1v) is 3.52. The van der Waals surface area contributed by atoms with Crippen molar-refractivity contribution in [3.63, 3.8) is 0 Å². The van der Waals surface area contributed by atoms with Crippen molar-refractivity contribution in [3.8, 4) is 0 Å². The van der Waals surface area contributed by atoms with E-state index >= 15 is 0 Å². The third-order valence-electron chi connectivity index (χ3n) is 2.11. The number of rotatable bonds is 4. The second-order valence-electron chi connectivity index (χ2n) is 2.47. The molecule has 0 saturated carbocycles. The molecule has 0 rings (SSSR count). The summed E-state index contributed by atoms with van der Waals surface area (Å²) < 4.78 is 24.5. The molecule has 0 aromatic heterocycles. The van der Waals surface area contributed by atoms with E-state index in [1.165, 1.54) is 13.8 Å². The molecule has 0 spiro atoms. The molecule has 4 heteroatoms. The molecule has 0 radical (unpaired) electrons. The van der Waals surface area contributed by atoms with Crippen molar-refractivity contribution in [2.75, 3.05) is 0 Å². The minimum Gasteiger partial charge on any atom is -0.481 e. The lowest BCUT2D eigenvalue weighted by atomic mass is 9.83. The zero-order valence-corrected chi connectivity index (χ0v) is 6.60. The molecule has 0 amide bonds. The fourth-order valence-electron chi connectivity index (χ4n) is 0.954. The Morgan fingerprint density at radius 2 is 1.82 bits per heavy atom. The lowest BCUT2D eigenvalue weighted by molar-refractivity contribution is -0.160. The predicted molar refractivity (Wildman–Crippen MR) is 36.7 cm³/mol. The fraction of sp³-hybridized carbons (Fsp3) is 0.857. The van der Waals surface area contributed by atoms with Crippen LogP contribution in [0.25, 0.3) is 0 Å². The Bertz CT molecular complexity index is 141. The van der Waals surface area contributed by atoms with Gasteiger partial charge in [0.1, 0.15) is 5.41 Å². The molecule has 0 saturated heterocycles. The molecule has 0 fully saturated rings. The Labute approximate surface area is 64.2 Å². The molecule has 0 aromatic carbocycles. The lowest BCUT2D eigenvalue weighted by Crippen LogP contribution is -2.36. The smallest absolute Gasteiger partial charge is 0.315 e. The van der Waals surface area contributed by atoms with Gasteiger partial charge in [-0.1, -0.05) is 13.8 Å². The van der Waals surface area contributed by atoms with Crippen LogP contribution in [0.2, 0.25) is 0 Å². The van der Waals surface area contributed by atoms with Gasteiger partial charge in [-0.25, -0.2) is 8.78 Å². The van der Waals surface area contributed by atoms with Crippen molar-refractivity contribution >= 4 is 5.97 Å². The Balaban J connectivity index is 4.61. The monoisotopic (exact) mass is 166 g/mol. The SMILES string of the molecule is CCC(CC)(C(=O)O)C(F)F. The Kier molecular flexibility index (Phi) is 3.42. The van der Waals surface area contributed by atoms with Crippen LogP contribution in [0.1, 0.15) is 26.7 Å². The first-order chi connectivity index (χ1) is 5.01. The Morgan fingerprint density at radius 3 is 1.82 bits per heavy atom. The van der Waals surface area contributed by atoms with E-state index in [1.807, 2.05) is 0 Å². The first-order valence-electron chi connectivity index (χ1n) is 3.52. The molecule has 0 aliphatic rings. The number of carbonyl (C=O) groups is 1. The summed E-state index contributed by atoms with van der Waals surface area (Å²) in [4.78, 5) is 10.4. The normalized spacial score (nSPS) is 12.1. The van der Waals surface area contributed by atoms with Crippen LogP contribution in [-0.4, -0.2) is 17.5 Å². The van der Waals surface area contributed by atoms with Gasteiger partial charge in [-0.2, -0.15) is 0 Å². The van der Waals surface area contributed by atoms with Crippen molar-refractivity contribution in [2.24, 2.45) is 5.41 Å². The lowest BCUT2D eigenvalue weighted by Gasteiger charge is -2.24. The van der Waals surface area contributed by atoms with Gasteiger partial charge in [0, 0.05) is 0 Å². The molecular weight excluding hydrogens is 154 g/mol. The van der Waals surface area contributed by atoms with Crippen LogP contribution in [0.15, 0.2) is 0 Å². The Morgan fingerprint density at radius 1 is 1.45 bits per heavy atom. The topological polar surface area (TPSA) is 37.3 Å². The van der Waals surface area contributed by atoms with Crippen LogP contribution >= 0.6 is 0 Å². The van der Waals surface area contributed by atoms with Crippen molar-refractivity contribution in [2.45, 2.75) is 33.1 Å². The average Bonchev–Trinajstić information content (AvgIpc) is 1.90. The number of hydrogen-bond donors (Lipinski definition) is 1. The molecule has 0 aliphatic heterocycles. The molecule has 2 nitrogen and oxygen atoms in total. The summed E-state index contributed by atoms with van der Waals surface area (Å²) >= 11 is 0. The van der Waals surface area contributed by atoms with E-state index in [1.54, 1.807) is 0 Å². The van der Waals surface area contributed by atoms with E-state index in [4.69, 9.17) is 5.11 Å². The maximum Gasteiger partial charge on any atom is 0.315 e. The average molecular weight is 166 g/mol. The number of hydrogen-bond acceptors (Lipinski definition) is 1. The maximum atomic E-state index is 12.2. The predicted octanol–water partition coefficient (Wildman–Crippen LogP) is 2.14. The van der Waals surface area contributed by atoms with Crippen molar-refractivity contribution in [1.29, 1.82) is 0 Å². The van der Waals surface area contributed by atoms with E-state index in [9.17, 15) is 13.6 Å². The van der Waals surface area contributed by atoms with E-state index in [-0.39, 0.29) is 12.8 Å². The summed E-state index contributed by atoms with van der Waals surface area (Å²) in [5.41, 5.74) is -1.83. The molecule has 0 unspecified atom stereocenters. The molecule has 0 bridgehead atoms. The zero-order chi connectivity index (χ0) is 9.07. The molecule has 66 valence electrons. The molecule has 0 aromatic rings. The zero-order valence-electron chi connectivity index (χ0n) is 6.60. The minimum absolute atomic E-state index is 0.0312. The summed E-state index contributed by atoms with van der Waals surface area (Å²) in [5.74, 6) is -1.41. The summed E-state index contributed by atoms with van der Waals surface area (Å²) in [6, 6.07) is 0. The molecule has 11 heavy (non-hydrogen) atoms. The van der Waals surface area contributed by atoms with Gasteiger partial charge in [-0.3, -0.25) is 4.79 Å². The molecule has 1 N–H and O–H groups in total.